The van der Waals surface area contributed by atoms with Crippen LogP contribution in [0.15, 0.2) is 54.9 Å². The largest absolute Gasteiger partial charge is 0.326 e. The summed E-state index contributed by atoms with van der Waals surface area (Å²) < 4.78 is 1.71. The van der Waals surface area contributed by atoms with Crippen molar-refractivity contribution in [1.29, 1.82) is 0 Å². The Hall–Kier alpha value is -3.48. The first-order chi connectivity index (χ1) is 12.6. The lowest BCUT2D eigenvalue weighted by molar-refractivity contribution is -0.116. The number of pyridine rings is 1. The molecule has 0 radical (unpaired) electrons. The average Bonchev–Trinajstić information content (AvgIpc) is 3.20. The summed E-state index contributed by atoms with van der Waals surface area (Å²) in [4.78, 5) is 37.9. The summed E-state index contributed by atoms with van der Waals surface area (Å²) >= 11 is 0. The molecule has 0 fully saturated rings. The number of hydrogen-bond donors (Lipinski definition) is 1. The second-order valence-corrected chi connectivity index (χ2v) is 6.08. The van der Waals surface area contributed by atoms with Crippen molar-refractivity contribution >= 4 is 28.9 Å². The van der Waals surface area contributed by atoms with Crippen LogP contribution < -0.4 is 5.32 Å². The van der Waals surface area contributed by atoms with Crippen LogP contribution in [-0.4, -0.2) is 38.8 Å². The number of anilines is 1. The maximum absolute atomic E-state index is 12.3. The molecule has 0 spiro atoms. The van der Waals surface area contributed by atoms with Gasteiger partial charge in [-0.15, -0.1) is 0 Å². The Morgan fingerprint density at radius 1 is 1.04 bits per heavy atom. The zero-order chi connectivity index (χ0) is 18.1. The second-order valence-electron chi connectivity index (χ2n) is 6.08. The predicted octanol–water partition coefficient (Wildman–Crippen LogP) is 2.35. The van der Waals surface area contributed by atoms with E-state index in [1.165, 1.54) is 4.90 Å². The fraction of sp³-hybridized carbons (Fsp3) is 0.158. The first kappa shape index (κ1) is 16.0. The van der Waals surface area contributed by atoms with Gasteiger partial charge in [-0.05, 0) is 36.8 Å². The molecule has 7 heteroatoms. The van der Waals surface area contributed by atoms with Gasteiger partial charge in [-0.25, -0.2) is 4.52 Å². The highest BCUT2D eigenvalue weighted by Gasteiger charge is 2.34. The average molecular weight is 348 g/mol. The number of rotatable bonds is 5. The summed E-state index contributed by atoms with van der Waals surface area (Å²) in [6, 6.07) is 12.2. The molecule has 3 heterocycles. The van der Waals surface area contributed by atoms with Gasteiger partial charge in [-0.1, -0.05) is 12.1 Å². The van der Waals surface area contributed by atoms with E-state index in [0.717, 1.165) is 5.52 Å². The fourth-order valence-corrected chi connectivity index (χ4v) is 3.06. The number of aromatic nitrogens is 2. The molecule has 2 aromatic heterocycles. The van der Waals surface area contributed by atoms with Crippen LogP contribution in [0.5, 0.6) is 0 Å². The van der Waals surface area contributed by atoms with Crippen LogP contribution in [0.3, 0.4) is 0 Å². The van der Waals surface area contributed by atoms with Gasteiger partial charge in [-0.2, -0.15) is 5.10 Å². The Labute approximate surface area is 149 Å². The van der Waals surface area contributed by atoms with Crippen LogP contribution in [-0.2, 0) is 4.79 Å². The van der Waals surface area contributed by atoms with E-state index in [9.17, 15) is 14.4 Å². The Morgan fingerprint density at radius 2 is 1.77 bits per heavy atom. The van der Waals surface area contributed by atoms with Crippen molar-refractivity contribution in [3.05, 3.63) is 66.0 Å². The first-order valence-electron chi connectivity index (χ1n) is 8.32. The minimum atomic E-state index is -0.294. The summed E-state index contributed by atoms with van der Waals surface area (Å²) in [5.74, 6) is -0.750. The van der Waals surface area contributed by atoms with Gasteiger partial charge >= 0.3 is 0 Å². The molecule has 1 aliphatic heterocycles. The SMILES string of the molecule is O=C(CCCN1C(=O)c2ccccc2C1=O)Nc1ccn2nccc2c1. The van der Waals surface area contributed by atoms with Crippen molar-refractivity contribution in [1.82, 2.24) is 14.5 Å². The first-order valence-corrected chi connectivity index (χ1v) is 8.32. The lowest BCUT2D eigenvalue weighted by Crippen LogP contribution is -2.31. The molecule has 1 N–H and O–H groups in total. The second kappa shape index (κ2) is 6.44. The number of benzene rings is 1. The molecule has 130 valence electrons. The van der Waals surface area contributed by atoms with E-state index in [1.54, 1.807) is 47.2 Å². The van der Waals surface area contributed by atoms with Crippen LogP contribution >= 0.6 is 0 Å². The summed E-state index contributed by atoms with van der Waals surface area (Å²) in [5.41, 5.74) is 2.42. The molecule has 3 aromatic rings. The molecule has 0 unspecified atom stereocenters. The number of fused-ring (bicyclic) bond motifs is 2. The van der Waals surface area contributed by atoms with Crippen LogP contribution in [0.25, 0.3) is 5.52 Å². The van der Waals surface area contributed by atoms with Gasteiger partial charge in [-0.3, -0.25) is 19.3 Å². The fourth-order valence-electron chi connectivity index (χ4n) is 3.06. The molecular weight excluding hydrogens is 332 g/mol. The van der Waals surface area contributed by atoms with Crippen molar-refractivity contribution in [2.45, 2.75) is 12.8 Å². The highest BCUT2D eigenvalue weighted by atomic mass is 16.2. The topological polar surface area (TPSA) is 83.8 Å². The number of imide groups is 1. The number of amides is 3. The third kappa shape index (κ3) is 2.83. The van der Waals surface area contributed by atoms with Crippen molar-refractivity contribution in [2.75, 3.05) is 11.9 Å². The Balaban J connectivity index is 1.33. The van der Waals surface area contributed by atoms with Gasteiger partial charge in [0, 0.05) is 31.0 Å². The van der Waals surface area contributed by atoms with Crippen LogP contribution in [0.1, 0.15) is 33.6 Å². The molecule has 4 rings (SSSR count). The van der Waals surface area contributed by atoms with Crippen molar-refractivity contribution in [2.24, 2.45) is 0 Å². The number of nitrogens with one attached hydrogen (secondary N) is 1. The van der Waals surface area contributed by atoms with Crippen LogP contribution in [0, 0.1) is 0 Å². The third-order valence-corrected chi connectivity index (χ3v) is 4.35. The minimum Gasteiger partial charge on any atom is -0.326 e. The van der Waals surface area contributed by atoms with E-state index >= 15 is 0 Å². The van der Waals surface area contributed by atoms with E-state index in [4.69, 9.17) is 0 Å². The van der Waals surface area contributed by atoms with E-state index in [0.29, 0.717) is 23.2 Å². The normalized spacial score (nSPS) is 13.3. The van der Waals surface area contributed by atoms with Gasteiger partial charge < -0.3 is 5.32 Å². The van der Waals surface area contributed by atoms with Crippen LogP contribution in [0.4, 0.5) is 5.69 Å². The summed E-state index contributed by atoms with van der Waals surface area (Å²) in [7, 11) is 0. The lowest BCUT2D eigenvalue weighted by Gasteiger charge is -2.13. The molecule has 0 saturated carbocycles. The van der Waals surface area contributed by atoms with E-state index < -0.39 is 0 Å². The summed E-state index contributed by atoms with van der Waals surface area (Å²) in [5, 5.41) is 6.92. The molecule has 0 aliphatic carbocycles. The molecule has 1 aromatic carbocycles. The molecule has 1 aliphatic rings. The zero-order valence-corrected chi connectivity index (χ0v) is 13.9. The number of carbonyl (C=O) groups is 3. The minimum absolute atomic E-state index is 0.162. The number of hydrogen-bond acceptors (Lipinski definition) is 4. The number of carbonyl (C=O) groups excluding carboxylic acids is 3. The monoisotopic (exact) mass is 348 g/mol. The molecule has 3 amide bonds. The Bertz CT molecular complexity index is 989. The smallest absolute Gasteiger partial charge is 0.261 e. The van der Waals surface area contributed by atoms with E-state index in [-0.39, 0.29) is 30.7 Å². The maximum Gasteiger partial charge on any atom is 0.261 e. The predicted molar refractivity (Wildman–Crippen MR) is 94.9 cm³/mol. The molecule has 7 nitrogen and oxygen atoms in total. The maximum atomic E-state index is 12.3. The molecule has 0 bridgehead atoms. The lowest BCUT2D eigenvalue weighted by atomic mass is 10.1. The standard InChI is InChI=1S/C19H16N4O3/c24-17(21-13-8-11-23-14(12-13)7-9-20-23)6-3-10-22-18(25)15-4-1-2-5-16(15)19(22)26/h1-2,4-5,7-9,11-12H,3,6,10H2,(H,21,24). The van der Waals surface area contributed by atoms with Crippen molar-refractivity contribution in [3.8, 4) is 0 Å². The summed E-state index contributed by atoms with van der Waals surface area (Å²) in [6.45, 7) is 0.224. The quantitative estimate of drug-likeness (QED) is 0.718. The zero-order valence-electron chi connectivity index (χ0n) is 13.9. The molecule has 0 atom stereocenters. The van der Waals surface area contributed by atoms with Gasteiger partial charge in [0.25, 0.3) is 11.8 Å². The summed E-state index contributed by atoms with van der Waals surface area (Å²) in [6.07, 6.45) is 4.08. The van der Waals surface area contributed by atoms with Gasteiger partial charge in [0.15, 0.2) is 0 Å². The Kier molecular flexibility index (Phi) is 3.96. The van der Waals surface area contributed by atoms with Gasteiger partial charge in [0.2, 0.25) is 5.91 Å². The molecule has 26 heavy (non-hydrogen) atoms. The van der Waals surface area contributed by atoms with E-state index in [2.05, 4.69) is 10.4 Å². The van der Waals surface area contributed by atoms with Crippen molar-refractivity contribution in [3.63, 3.8) is 0 Å². The van der Waals surface area contributed by atoms with Gasteiger partial charge in [0.05, 0.1) is 16.6 Å². The van der Waals surface area contributed by atoms with E-state index in [1.807, 2.05) is 12.1 Å². The van der Waals surface area contributed by atoms with Crippen LogP contribution in [0.2, 0.25) is 0 Å². The van der Waals surface area contributed by atoms with Crippen molar-refractivity contribution < 1.29 is 14.4 Å². The Morgan fingerprint density at radius 3 is 2.50 bits per heavy atom. The molecular formula is C19H16N4O3. The third-order valence-electron chi connectivity index (χ3n) is 4.35. The highest BCUT2D eigenvalue weighted by Crippen LogP contribution is 2.22. The highest BCUT2D eigenvalue weighted by molar-refractivity contribution is 6.21. The number of nitrogens with zero attached hydrogens (tertiary/aromatic N) is 3. The molecule has 0 saturated heterocycles. The van der Waals surface area contributed by atoms with Gasteiger partial charge in [0.1, 0.15) is 0 Å².